The van der Waals surface area contributed by atoms with Crippen molar-refractivity contribution < 1.29 is 31.1 Å². The third-order valence-electron chi connectivity index (χ3n) is 5.97. The molecule has 0 bridgehead atoms. The Bertz CT molecular complexity index is 1260. The van der Waals surface area contributed by atoms with Crippen LogP contribution in [0.2, 0.25) is 5.02 Å². The van der Waals surface area contributed by atoms with E-state index in [2.05, 4.69) is 17.3 Å². The number of thioether (sulfide) groups is 1. The zero-order valence-electron chi connectivity index (χ0n) is 23.0. The number of likely N-dealkylation sites (tertiary alicyclic amines) is 1. The smallest absolute Gasteiger partial charge is 0.394 e. The van der Waals surface area contributed by atoms with Gasteiger partial charge in [-0.15, -0.1) is 11.8 Å². The number of nitrogens with zero attached hydrogens (tertiary/aromatic N) is 1. The van der Waals surface area contributed by atoms with Crippen LogP contribution in [0.15, 0.2) is 83.4 Å². The monoisotopic (exact) mass is 631 g/mol. The van der Waals surface area contributed by atoms with Gasteiger partial charge in [-0.05, 0) is 92.8 Å². The molecule has 1 aliphatic rings. The van der Waals surface area contributed by atoms with Crippen LogP contribution in [0, 0.1) is 0 Å². The highest BCUT2D eigenvalue weighted by Crippen LogP contribution is 2.36. The van der Waals surface area contributed by atoms with E-state index < -0.39 is 30.0 Å². The number of alkyl halides is 6. The van der Waals surface area contributed by atoms with Crippen LogP contribution in [-0.2, 0) is 23.7 Å². The number of nitrogens with one attached hydrogen (secondary N) is 1. The fourth-order valence-electron chi connectivity index (χ4n) is 3.79. The molecule has 0 radical (unpaired) electrons. The Morgan fingerprint density at radius 1 is 0.929 bits per heavy atom. The van der Waals surface area contributed by atoms with E-state index in [1.165, 1.54) is 37.7 Å². The summed E-state index contributed by atoms with van der Waals surface area (Å²) in [7, 11) is 2.17. The molecular weight excluding hydrogens is 600 g/mol. The first kappa shape index (κ1) is 35.0. The lowest BCUT2D eigenvalue weighted by atomic mass is 10.0. The second kappa shape index (κ2) is 16.5. The van der Waals surface area contributed by atoms with Crippen molar-refractivity contribution in [2.45, 2.75) is 36.6 Å². The molecular formula is C30H32ClF6N3OS. The van der Waals surface area contributed by atoms with Crippen molar-refractivity contribution in [3.63, 3.8) is 0 Å². The molecule has 3 aromatic rings. The Kier molecular flexibility index (Phi) is 13.8. The first-order valence-corrected chi connectivity index (χ1v) is 14.4. The van der Waals surface area contributed by atoms with Gasteiger partial charge in [0, 0.05) is 16.5 Å². The molecule has 1 aliphatic heterocycles. The van der Waals surface area contributed by atoms with Gasteiger partial charge in [0.05, 0.1) is 22.5 Å². The molecule has 0 unspecified atom stereocenters. The standard InChI is InChI=1S/C19H16F6N2OS.C6H5Cl.C5H11N/c1-29-15-4-2-12(3-5-15)17(16(26)10-28)27-9-11-6-13(18(20,21)22)8-14(7-11)19(23,24)25;7-6-4-2-1-3-5-6;1-6-4-2-3-5-6/h2-8,10,27H,9,26H2,1H3;1-5H;2-5H2,1H3/b17-16-;;. The van der Waals surface area contributed by atoms with E-state index in [1.54, 1.807) is 24.3 Å². The number of aldehydes is 1. The Morgan fingerprint density at radius 3 is 1.81 bits per heavy atom. The molecule has 42 heavy (non-hydrogen) atoms. The lowest BCUT2D eigenvalue weighted by Gasteiger charge is -2.17. The fraction of sp³-hybridized carbons (Fsp3) is 0.300. The molecule has 1 saturated heterocycles. The van der Waals surface area contributed by atoms with Crippen molar-refractivity contribution >= 4 is 35.3 Å². The lowest BCUT2D eigenvalue weighted by molar-refractivity contribution is -0.143. The molecule has 4 rings (SSSR count). The van der Waals surface area contributed by atoms with Gasteiger partial charge < -0.3 is 16.0 Å². The van der Waals surface area contributed by atoms with Gasteiger partial charge in [-0.25, -0.2) is 0 Å². The van der Waals surface area contributed by atoms with Crippen LogP contribution in [0.5, 0.6) is 0 Å². The Labute approximate surface area is 250 Å². The summed E-state index contributed by atoms with van der Waals surface area (Å²) in [6.07, 6.45) is -4.85. The number of halogens is 7. The van der Waals surface area contributed by atoms with Crippen LogP contribution in [0.1, 0.15) is 35.1 Å². The van der Waals surface area contributed by atoms with Crippen molar-refractivity contribution in [1.29, 1.82) is 0 Å². The summed E-state index contributed by atoms with van der Waals surface area (Å²) in [4.78, 5) is 14.4. The summed E-state index contributed by atoms with van der Waals surface area (Å²) >= 11 is 7.01. The minimum absolute atomic E-state index is 0.0567. The minimum Gasteiger partial charge on any atom is -0.394 e. The molecule has 1 fully saturated rings. The predicted octanol–water partition coefficient (Wildman–Crippen LogP) is 8.11. The zero-order chi connectivity index (χ0) is 31.3. The van der Waals surface area contributed by atoms with Crippen molar-refractivity contribution in [3.05, 3.63) is 106 Å². The molecule has 0 aromatic heterocycles. The van der Waals surface area contributed by atoms with E-state index in [9.17, 15) is 31.1 Å². The second-order valence-electron chi connectivity index (χ2n) is 9.25. The van der Waals surface area contributed by atoms with Crippen LogP contribution in [0.25, 0.3) is 5.70 Å². The summed E-state index contributed by atoms with van der Waals surface area (Å²) in [5, 5.41) is 3.47. The lowest BCUT2D eigenvalue weighted by Crippen LogP contribution is -2.19. The second-order valence-corrected chi connectivity index (χ2v) is 10.6. The van der Waals surface area contributed by atoms with Gasteiger partial charge in [-0.2, -0.15) is 26.3 Å². The van der Waals surface area contributed by atoms with E-state index in [4.69, 9.17) is 17.3 Å². The highest BCUT2D eigenvalue weighted by atomic mass is 35.5. The SMILES string of the molecule is CN1CCCC1.CSc1ccc(/C(NCc2cc(C(F)(F)F)cc(C(F)(F)F)c2)=C(/N)C=O)cc1.Clc1ccccc1. The Hall–Kier alpha value is -3.15. The molecule has 228 valence electrons. The topological polar surface area (TPSA) is 58.4 Å². The van der Waals surface area contributed by atoms with E-state index in [0.29, 0.717) is 24.0 Å². The average molecular weight is 632 g/mol. The molecule has 3 aromatic carbocycles. The highest BCUT2D eigenvalue weighted by molar-refractivity contribution is 7.98. The van der Waals surface area contributed by atoms with Gasteiger partial charge in [0.15, 0.2) is 6.29 Å². The maximum Gasteiger partial charge on any atom is 0.416 e. The number of allylic oxidation sites excluding steroid dienone is 1. The molecule has 0 spiro atoms. The minimum atomic E-state index is -4.94. The van der Waals surface area contributed by atoms with Crippen LogP contribution >= 0.6 is 23.4 Å². The number of rotatable bonds is 6. The predicted molar refractivity (Wildman–Crippen MR) is 157 cm³/mol. The number of benzene rings is 3. The van der Waals surface area contributed by atoms with Gasteiger partial charge in [-0.1, -0.05) is 41.9 Å². The largest absolute Gasteiger partial charge is 0.416 e. The van der Waals surface area contributed by atoms with Crippen molar-refractivity contribution in [1.82, 2.24) is 10.2 Å². The molecule has 0 saturated carbocycles. The normalized spacial score (nSPS) is 14.1. The van der Waals surface area contributed by atoms with Crippen LogP contribution in [-0.4, -0.2) is 37.6 Å². The molecule has 4 nitrogen and oxygen atoms in total. The number of hydrogen-bond donors (Lipinski definition) is 2. The molecule has 3 N–H and O–H groups in total. The summed E-state index contributed by atoms with van der Waals surface area (Å²) in [6.45, 7) is 2.24. The van der Waals surface area contributed by atoms with Crippen LogP contribution < -0.4 is 11.1 Å². The van der Waals surface area contributed by atoms with Crippen LogP contribution in [0.3, 0.4) is 0 Å². The van der Waals surface area contributed by atoms with E-state index in [0.717, 1.165) is 9.92 Å². The third-order valence-corrected chi connectivity index (χ3v) is 6.97. The number of hydrogen-bond acceptors (Lipinski definition) is 5. The summed E-state index contributed by atoms with van der Waals surface area (Å²) in [5.74, 6) is 0. The Morgan fingerprint density at radius 2 is 1.45 bits per heavy atom. The summed E-state index contributed by atoms with van der Waals surface area (Å²) in [6, 6.07) is 17.5. The molecule has 12 heteroatoms. The van der Waals surface area contributed by atoms with Gasteiger partial charge >= 0.3 is 12.4 Å². The van der Waals surface area contributed by atoms with E-state index >= 15 is 0 Å². The molecule has 0 amide bonds. The van der Waals surface area contributed by atoms with Crippen molar-refractivity contribution in [2.24, 2.45) is 5.73 Å². The molecule has 0 aliphatic carbocycles. The van der Waals surface area contributed by atoms with Gasteiger partial charge in [0.1, 0.15) is 0 Å². The quantitative estimate of drug-likeness (QED) is 0.125. The fourth-order valence-corrected chi connectivity index (χ4v) is 4.34. The average Bonchev–Trinajstić information content (AvgIpc) is 3.44. The number of carbonyl (C=O) groups is 1. The molecule has 0 atom stereocenters. The highest BCUT2D eigenvalue weighted by Gasteiger charge is 2.36. The van der Waals surface area contributed by atoms with E-state index in [-0.39, 0.29) is 23.0 Å². The summed E-state index contributed by atoms with van der Waals surface area (Å²) in [5.41, 5.74) is 2.92. The van der Waals surface area contributed by atoms with E-state index in [1.807, 2.05) is 36.6 Å². The van der Waals surface area contributed by atoms with Crippen molar-refractivity contribution in [2.75, 3.05) is 26.4 Å². The van der Waals surface area contributed by atoms with Crippen LogP contribution in [0.4, 0.5) is 26.3 Å². The number of nitrogens with two attached hydrogens (primary N) is 1. The summed E-state index contributed by atoms with van der Waals surface area (Å²) < 4.78 is 77.9. The van der Waals surface area contributed by atoms with Crippen molar-refractivity contribution in [3.8, 4) is 0 Å². The van der Waals surface area contributed by atoms with Gasteiger partial charge in [-0.3, -0.25) is 4.79 Å². The first-order valence-electron chi connectivity index (χ1n) is 12.7. The third kappa shape index (κ3) is 12.0. The maximum atomic E-state index is 13.0. The first-order chi connectivity index (χ1) is 19.7. The number of carbonyl (C=O) groups excluding carboxylic acids is 1. The molecule has 1 heterocycles. The Balaban J connectivity index is 0.000000383. The van der Waals surface area contributed by atoms with Gasteiger partial charge in [0.25, 0.3) is 0 Å². The zero-order valence-corrected chi connectivity index (χ0v) is 24.6. The maximum absolute atomic E-state index is 13.0. The van der Waals surface area contributed by atoms with Gasteiger partial charge in [0.2, 0.25) is 0 Å².